The third kappa shape index (κ3) is 6.06. The van der Waals surface area contributed by atoms with Gasteiger partial charge in [0.05, 0.1) is 4.92 Å². The van der Waals surface area contributed by atoms with Crippen molar-refractivity contribution in [2.24, 2.45) is 0 Å². The first-order valence-electron chi connectivity index (χ1n) is 9.25. The fourth-order valence-electron chi connectivity index (χ4n) is 3.04. The van der Waals surface area contributed by atoms with Crippen LogP contribution in [0.2, 0.25) is 5.02 Å². The van der Waals surface area contributed by atoms with Crippen LogP contribution in [0.5, 0.6) is 0 Å². The molecular formula is C21H22ClN3O3S. The standard InChI is InChI=1S/C21H22ClN3O3S/c1-15-2-3-17(14-24-8-10-29-11-9-24)12-19(15)23-21(26)7-5-16-4-6-18(22)20(13-16)25(27)28/h2-7,12-13H,8-11,14H2,1H3,(H,23,26)/b7-5+. The Labute approximate surface area is 179 Å². The number of nitrogens with one attached hydrogen (secondary N) is 1. The van der Waals surface area contributed by atoms with Gasteiger partial charge >= 0.3 is 0 Å². The van der Waals surface area contributed by atoms with E-state index < -0.39 is 4.92 Å². The third-order valence-corrected chi connectivity index (χ3v) is 5.93. The average molecular weight is 432 g/mol. The molecule has 3 rings (SSSR count). The van der Waals surface area contributed by atoms with Gasteiger partial charge in [0, 0.05) is 49.0 Å². The summed E-state index contributed by atoms with van der Waals surface area (Å²) in [5.41, 5.74) is 3.26. The molecule has 2 aromatic carbocycles. The zero-order valence-corrected chi connectivity index (χ0v) is 17.6. The fourth-order valence-corrected chi connectivity index (χ4v) is 4.20. The Hall–Kier alpha value is -2.35. The fraction of sp³-hybridized carbons (Fsp3) is 0.286. The zero-order valence-electron chi connectivity index (χ0n) is 16.1. The summed E-state index contributed by atoms with van der Waals surface area (Å²) >= 11 is 7.79. The topological polar surface area (TPSA) is 75.5 Å². The second-order valence-electron chi connectivity index (χ2n) is 6.83. The summed E-state index contributed by atoms with van der Waals surface area (Å²) in [6, 6.07) is 10.5. The van der Waals surface area contributed by atoms with Gasteiger partial charge in [-0.25, -0.2) is 0 Å². The van der Waals surface area contributed by atoms with E-state index in [2.05, 4.69) is 16.3 Å². The van der Waals surface area contributed by atoms with E-state index in [1.807, 2.05) is 30.8 Å². The second kappa shape index (κ2) is 9.91. The molecule has 29 heavy (non-hydrogen) atoms. The van der Waals surface area contributed by atoms with Gasteiger partial charge in [-0.2, -0.15) is 11.8 Å². The van der Waals surface area contributed by atoms with Crippen molar-refractivity contribution in [1.82, 2.24) is 4.90 Å². The number of carbonyl (C=O) groups is 1. The van der Waals surface area contributed by atoms with Gasteiger partial charge in [0.15, 0.2) is 0 Å². The Bertz CT molecular complexity index is 943. The highest BCUT2D eigenvalue weighted by molar-refractivity contribution is 7.99. The predicted octanol–water partition coefficient (Wildman–Crippen LogP) is 4.76. The molecule has 0 bridgehead atoms. The van der Waals surface area contributed by atoms with Crippen molar-refractivity contribution < 1.29 is 9.72 Å². The lowest BCUT2D eigenvalue weighted by Crippen LogP contribution is -2.31. The van der Waals surface area contributed by atoms with Crippen molar-refractivity contribution in [3.63, 3.8) is 0 Å². The highest BCUT2D eigenvalue weighted by Crippen LogP contribution is 2.25. The van der Waals surface area contributed by atoms with E-state index in [0.29, 0.717) is 5.56 Å². The summed E-state index contributed by atoms with van der Waals surface area (Å²) < 4.78 is 0. The SMILES string of the molecule is Cc1ccc(CN2CCSCC2)cc1NC(=O)/C=C/c1ccc(Cl)c([N+](=O)[O-])c1. The van der Waals surface area contributed by atoms with E-state index in [9.17, 15) is 14.9 Å². The van der Waals surface area contributed by atoms with E-state index in [4.69, 9.17) is 11.6 Å². The van der Waals surface area contributed by atoms with Gasteiger partial charge in [-0.3, -0.25) is 19.8 Å². The molecule has 0 aliphatic carbocycles. The number of thioether (sulfide) groups is 1. The number of benzene rings is 2. The monoisotopic (exact) mass is 431 g/mol. The molecule has 152 valence electrons. The summed E-state index contributed by atoms with van der Waals surface area (Å²) in [5.74, 6) is 2.02. The first-order chi connectivity index (χ1) is 13.9. The average Bonchev–Trinajstić information content (AvgIpc) is 2.70. The molecular weight excluding hydrogens is 410 g/mol. The Morgan fingerprint density at radius 3 is 2.76 bits per heavy atom. The molecule has 8 heteroatoms. The van der Waals surface area contributed by atoms with Gasteiger partial charge in [-0.1, -0.05) is 29.8 Å². The maximum absolute atomic E-state index is 12.4. The highest BCUT2D eigenvalue weighted by atomic mass is 35.5. The van der Waals surface area contributed by atoms with Crippen LogP contribution in [0.25, 0.3) is 6.08 Å². The van der Waals surface area contributed by atoms with Gasteiger partial charge in [-0.15, -0.1) is 0 Å². The van der Waals surface area contributed by atoms with E-state index in [-0.39, 0.29) is 16.6 Å². The van der Waals surface area contributed by atoms with E-state index in [0.717, 1.165) is 48.0 Å². The molecule has 2 aromatic rings. The number of hydrogen-bond acceptors (Lipinski definition) is 5. The van der Waals surface area contributed by atoms with Crippen LogP contribution in [0.3, 0.4) is 0 Å². The van der Waals surface area contributed by atoms with Crippen molar-refractivity contribution >= 4 is 46.7 Å². The molecule has 0 aromatic heterocycles. The maximum Gasteiger partial charge on any atom is 0.288 e. The minimum atomic E-state index is -0.546. The quantitative estimate of drug-likeness (QED) is 0.405. The second-order valence-corrected chi connectivity index (χ2v) is 8.46. The lowest BCUT2D eigenvalue weighted by molar-refractivity contribution is -0.384. The molecule has 1 heterocycles. The number of nitro benzene ring substituents is 1. The van der Waals surface area contributed by atoms with Crippen LogP contribution in [-0.4, -0.2) is 40.3 Å². The number of carbonyl (C=O) groups excluding carboxylic acids is 1. The summed E-state index contributed by atoms with van der Waals surface area (Å²) in [7, 11) is 0. The van der Waals surface area contributed by atoms with Crippen LogP contribution in [0, 0.1) is 17.0 Å². The molecule has 6 nitrogen and oxygen atoms in total. The molecule has 1 saturated heterocycles. The summed E-state index contributed by atoms with van der Waals surface area (Å²) in [6.07, 6.45) is 2.89. The minimum Gasteiger partial charge on any atom is -0.322 e. The van der Waals surface area contributed by atoms with Crippen molar-refractivity contribution in [2.75, 3.05) is 29.9 Å². The lowest BCUT2D eigenvalue weighted by Gasteiger charge is -2.26. The van der Waals surface area contributed by atoms with Gasteiger partial charge in [-0.05, 0) is 41.8 Å². The number of nitro groups is 1. The van der Waals surface area contributed by atoms with Crippen LogP contribution >= 0.6 is 23.4 Å². The lowest BCUT2D eigenvalue weighted by atomic mass is 10.1. The summed E-state index contributed by atoms with van der Waals surface area (Å²) in [4.78, 5) is 25.2. The Morgan fingerprint density at radius 2 is 2.03 bits per heavy atom. The first-order valence-corrected chi connectivity index (χ1v) is 10.8. The molecule has 0 saturated carbocycles. The molecule has 0 unspecified atom stereocenters. The van der Waals surface area contributed by atoms with Crippen LogP contribution in [-0.2, 0) is 11.3 Å². The maximum atomic E-state index is 12.4. The number of amides is 1. The number of aryl methyl sites for hydroxylation is 1. The van der Waals surface area contributed by atoms with Crippen molar-refractivity contribution in [3.8, 4) is 0 Å². The summed E-state index contributed by atoms with van der Waals surface area (Å²) in [6.45, 7) is 4.98. The Balaban J connectivity index is 1.67. The van der Waals surface area contributed by atoms with Crippen LogP contribution in [0.4, 0.5) is 11.4 Å². The van der Waals surface area contributed by atoms with E-state index in [1.54, 1.807) is 6.07 Å². The number of halogens is 1. The third-order valence-electron chi connectivity index (χ3n) is 4.66. The van der Waals surface area contributed by atoms with Gasteiger partial charge in [0.25, 0.3) is 5.69 Å². The van der Waals surface area contributed by atoms with Gasteiger partial charge < -0.3 is 5.32 Å². The first kappa shape index (κ1) is 21.4. The molecule has 0 spiro atoms. The molecule has 1 amide bonds. The molecule has 0 atom stereocenters. The zero-order chi connectivity index (χ0) is 20.8. The highest BCUT2D eigenvalue weighted by Gasteiger charge is 2.13. The predicted molar refractivity (Wildman–Crippen MR) is 120 cm³/mol. The number of rotatable bonds is 6. The smallest absolute Gasteiger partial charge is 0.288 e. The van der Waals surface area contributed by atoms with Crippen molar-refractivity contribution in [2.45, 2.75) is 13.5 Å². The van der Waals surface area contributed by atoms with E-state index in [1.165, 1.54) is 24.3 Å². The van der Waals surface area contributed by atoms with Crippen molar-refractivity contribution in [1.29, 1.82) is 0 Å². The number of hydrogen-bond donors (Lipinski definition) is 1. The molecule has 1 fully saturated rings. The molecule has 0 radical (unpaired) electrons. The molecule has 1 aliphatic heterocycles. The largest absolute Gasteiger partial charge is 0.322 e. The Morgan fingerprint density at radius 1 is 1.28 bits per heavy atom. The van der Waals surface area contributed by atoms with E-state index >= 15 is 0 Å². The molecule has 1 aliphatic rings. The minimum absolute atomic E-state index is 0.0661. The van der Waals surface area contributed by atoms with Crippen LogP contribution in [0.1, 0.15) is 16.7 Å². The van der Waals surface area contributed by atoms with Crippen LogP contribution < -0.4 is 5.32 Å². The number of nitrogens with zero attached hydrogens (tertiary/aromatic N) is 2. The van der Waals surface area contributed by atoms with Crippen molar-refractivity contribution in [3.05, 3.63) is 74.3 Å². The Kier molecular flexibility index (Phi) is 7.30. The molecule has 1 N–H and O–H groups in total. The van der Waals surface area contributed by atoms with Gasteiger partial charge in [0.2, 0.25) is 5.91 Å². The number of anilines is 1. The summed E-state index contributed by atoms with van der Waals surface area (Å²) in [5, 5.41) is 13.9. The van der Waals surface area contributed by atoms with Crippen LogP contribution in [0.15, 0.2) is 42.5 Å². The normalized spacial score (nSPS) is 14.8. The van der Waals surface area contributed by atoms with Gasteiger partial charge in [0.1, 0.15) is 5.02 Å².